The molecule has 2 heterocycles. The van der Waals surface area contributed by atoms with Crippen molar-refractivity contribution in [3.63, 3.8) is 0 Å². The van der Waals surface area contributed by atoms with E-state index in [1.165, 1.54) is 9.25 Å². The normalized spacial score (nSPS) is 10.9. The molecular weight excluding hydrogens is 188 g/mol. The summed E-state index contributed by atoms with van der Waals surface area (Å²) in [6.45, 7) is 0. The lowest BCUT2D eigenvalue weighted by molar-refractivity contribution is -0.557. The minimum atomic E-state index is -0.103. The van der Waals surface area contributed by atoms with Crippen molar-refractivity contribution >= 4 is 18.3 Å². The molecule has 0 N–H and O–H groups in total. The Bertz CT molecular complexity index is 527. The van der Waals surface area contributed by atoms with E-state index >= 15 is 0 Å². The van der Waals surface area contributed by atoms with E-state index in [2.05, 4.69) is 5.10 Å². The van der Waals surface area contributed by atoms with E-state index in [0.717, 1.165) is 0 Å². The monoisotopic (exact) mass is 196 g/mol. The number of fused-ring (bicyclic) bond motifs is 1. The van der Waals surface area contributed by atoms with E-state index in [1.54, 1.807) is 30.9 Å². The zero-order valence-corrected chi connectivity index (χ0v) is 8.08. The maximum Gasteiger partial charge on any atom is 0.329 e. The Hall–Kier alpha value is -1.43. The van der Waals surface area contributed by atoms with Crippen molar-refractivity contribution in [3.8, 4) is 0 Å². The predicted octanol–water partition coefficient (Wildman–Crippen LogP) is -1.24. The molecule has 0 spiro atoms. The largest absolute Gasteiger partial charge is 0.702 e. The van der Waals surface area contributed by atoms with Crippen molar-refractivity contribution in [2.24, 2.45) is 14.1 Å². The van der Waals surface area contributed by atoms with E-state index in [0.29, 0.717) is 10.8 Å². The van der Waals surface area contributed by atoms with Gasteiger partial charge in [-0.15, -0.1) is 4.68 Å². The summed E-state index contributed by atoms with van der Waals surface area (Å²) >= 11 is 4.96. The molecule has 0 radical (unpaired) electrons. The topological polar surface area (TPSA) is 43.9 Å². The summed E-state index contributed by atoms with van der Waals surface area (Å²) in [6.07, 6.45) is 3.39. The molecule has 0 fully saturated rings. The van der Waals surface area contributed by atoms with Crippen LogP contribution in [0.1, 0.15) is 0 Å². The molecule has 68 valence electrons. The molecule has 2 aromatic rings. The number of hydrogen-bond donors (Lipinski definition) is 0. The Morgan fingerprint density at radius 2 is 2.23 bits per heavy atom. The number of rotatable bonds is 0. The predicted molar refractivity (Wildman–Crippen MR) is 47.2 cm³/mol. The van der Waals surface area contributed by atoms with E-state index in [4.69, 9.17) is 12.6 Å². The van der Waals surface area contributed by atoms with Gasteiger partial charge in [-0.3, -0.25) is 4.79 Å². The first-order chi connectivity index (χ1) is 6.11. The van der Waals surface area contributed by atoms with Gasteiger partial charge in [-0.05, 0) is 0 Å². The third-order valence-corrected chi connectivity index (χ3v) is 2.21. The smallest absolute Gasteiger partial charge is 0.329 e. The van der Waals surface area contributed by atoms with Gasteiger partial charge in [-0.25, -0.2) is 4.40 Å². The third kappa shape index (κ3) is 1.02. The van der Waals surface area contributed by atoms with Crippen LogP contribution < -0.4 is 9.96 Å². The molecule has 13 heavy (non-hydrogen) atoms. The van der Waals surface area contributed by atoms with Gasteiger partial charge in [0.15, 0.2) is 5.16 Å². The summed E-state index contributed by atoms with van der Waals surface area (Å²) in [5.74, 6) is 0. The molecule has 0 aromatic carbocycles. The maximum absolute atomic E-state index is 11.6. The molecule has 6 heteroatoms. The molecule has 0 aliphatic rings. The molecule has 2 aromatic heterocycles. The Morgan fingerprint density at radius 1 is 1.54 bits per heavy atom. The minimum Gasteiger partial charge on any atom is -0.702 e. The molecule has 0 saturated heterocycles. The van der Waals surface area contributed by atoms with Crippen LogP contribution >= 0.6 is 0 Å². The lowest BCUT2D eigenvalue weighted by Crippen LogP contribution is -2.33. The highest BCUT2D eigenvalue weighted by atomic mass is 32.1. The number of hydrogen-bond acceptors (Lipinski definition) is 3. The van der Waals surface area contributed by atoms with Gasteiger partial charge in [-0.2, -0.15) is 0 Å². The van der Waals surface area contributed by atoms with Crippen molar-refractivity contribution in [2.75, 3.05) is 0 Å². The molecule has 0 aliphatic carbocycles. The van der Waals surface area contributed by atoms with E-state index in [-0.39, 0.29) is 5.56 Å². The first-order valence-corrected chi connectivity index (χ1v) is 4.13. The van der Waals surface area contributed by atoms with Crippen LogP contribution in [0.25, 0.3) is 5.65 Å². The highest BCUT2D eigenvalue weighted by molar-refractivity contribution is 7.58. The molecule has 0 bridgehead atoms. The second kappa shape index (κ2) is 2.53. The van der Waals surface area contributed by atoms with Gasteiger partial charge in [0.2, 0.25) is 0 Å². The second-order valence-corrected chi connectivity index (χ2v) is 3.18. The van der Waals surface area contributed by atoms with Crippen LogP contribution in [-0.2, 0) is 26.7 Å². The highest BCUT2D eigenvalue weighted by Crippen LogP contribution is 1.89. The second-order valence-electron chi connectivity index (χ2n) is 2.81. The van der Waals surface area contributed by atoms with Crippen molar-refractivity contribution in [2.45, 2.75) is 5.16 Å². The van der Waals surface area contributed by atoms with Gasteiger partial charge in [0.1, 0.15) is 0 Å². The van der Waals surface area contributed by atoms with Crippen molar-refractivity contribution in [1.82, 2.24) is 14.3 Å². The van der Waals surface area contributed by atoms with Crippen LogP contribution in [0.4, 0.5) is 0 Å². The summed E-state index contributed by atoms with van der Waals surface area (Å²) in [6, 6.07) is 0. The average molecular weight is 196 g/mol. The van der Waals surface area contributed by atoms with Crippen LogP contribution in [0, 0.1) is 0 Å². The highest BCUT2D eigenvalue weighted by Gasteiger charge is 2.13. The Balaban J connectivity index is 3.08. The standard InChI is InChI=1S/C7H8N4OS/c1-9-3-4-11-5(6(9)12)10(2)8-7(11)13/h3-4H,1-2H3. The zero-order valence-electron chi connectivity index (χ0n) is 7.26. The molecule has 5 nitrogen and oxygen atoms in total. The van der Waals surface area contributed by atoms with Gasteiger partial charge >= 0.3 is 11.2 Å². The molecule has 0 saturated carbocycles. The average Bonchev–Trinajstić information content (AvgIpc) is 2.35. The lowest BCUT2D eigenvalue weighted by atomic mass is 10.6. The van der Waals surface area contributed by atoms with Crippen molar-refractivity contribution in [1.29, 1.82) is 0 Å². The Morgan fingerprint density at radius 3 is 2.92 bits per heavy atom. The Kier molecular flexibility index (Phi) is 1.59. The number of nitrogens with zero attached hydrogens (tertiary/aromatic N) is 4. The minimum absolute atomic E-state index is 0.103. The van der Waals surface area contributed by atoms with Gasteiger partial charge in [-0.1, -0.05) is 0 Å². The molecule has 2 rings (SSSR count). The third-order valence-electron chi connectivity index (χ3n) is 1.93. The summed E-state index contributed by atoms with van der Waals surface area (Å²) < 4.78 is 4.58. The van der Waals surface area contributed by atoms with Crippen LogP contribution in [0.2, 0.25) is 0 Å². The van der Waals surface area contributed by atoms with E-state index < -0.39 is 0 Å². The van der Waals surface area contributed by atoms with Crippen molar-refractivity contribution < 1.29 is 4.40 Å². The van der Waals surface area contributed by atoms with E-state index in [1.807, 2.05) is 0 Å². The van der Waals surface area contributed by atoms with Gasteiger partial charge in [0, 0.05) is 18.3 Å². The molecular formula is C7H8N4OS. The quantitative estimate of drug-likeness (QED) is 0.391. The fraction of sp³-hybridized carbons (Fsp3) is 0.286. The molecule has 0 unspecified atom stereocenters. The summed E-state index contributed by atoms with van der Waals surface area (Å²) in [4.78, 5) is 11.6. The fourth-order valence-electron chi connectivity index (χ4n) is 1.24. The summed E-state index contributed by atoms with van der Waals surface area (Å²) in [7, 11) is 3.39. The van der Waals surface area contributed by atoms with Crippen LogP contribution in [0.3, 0.4) is 0 Å². The van der Waals surface area contributed by atoms with Gasteiger partial charge in [0.25, 0.3) is 0 Å². The fourth-order valence-corrected chi connectivity index (χ4v) is 1.51. The van der Waals surface area contributed by atoms with E-state index in [9.17, 15) is 4.79 Å². The van der Waals surface area contributed by atoms with Gasteiger partial charge in [0.05, 0.1) is 13.2 Å². The summed E-state index contributed by atoms with van der Waals surface area (Å²) in [5, 5.41) is 4.37. The summed E-state index contributed by atoms with van der Waals surface area (Å²) in [5.41, 5.74) is 0.378. The lowest BCUT2D eigenvalue weighted by Gasteiger charge is -1.95. The zero-order chi connectivity index (χ0) is 9.59. The maximum atomic E-state index is 11.6. The Labute approximate surface area is 79.6 Å². The first kappa shape index (κ1) is 8.18. The van der Waals surface area contributed by atoms with Crippen LogP contribution in [0.15, 0.2) is 22.3 Å². The van der Waals surface area contributed by atoms with Crippen molar-refractivity contribution in [3.05, 3.63) is 22.7 Å². The molecule has 0 amide bonds. The van der Waals surface area contributed by atoms with Crippen LogP contribution in [0.5, 0.6) is 0 Å². The van der Waals surface area contributed by atoms with Gasteiger partial charge < -0.3 is 17.2 Å². The van der Waals surface area contributed by atoms with Crippen LogP contribution in [-0.4, -0.2) is 14.3 Å². The molecule has 0 atom stereocenters. The SMILES string of the molecule is Cn1cc[n+]2c([S-])nn(C)c2c1=O. The first-order valence-electron chi connectivity index (χ1n) is 3.72. The number of aromatic nitrogens is 4. The molecule has 0 aliphatic heterocycles. The number of aryl methyl sites for hydroxylation is 2.